The number of carbonyl (C=O) groups is 3. The van der Waals surface area contributed by atoms with E-state index in [0.29, 0.717) is 39.0 Å². The Kier molecular flexibility index (Phi) is 8.50. The number of hydrogen-bond acceptors (Lipinski definition) is 4. The Morgan fingerprint density at radius 2 is 2.00 bits per heavy atom. The van der Waals surface area contributed by atoms with Crippen molar-refractivity contribution in [1.29, 1.82) is 0 Å². The summed E-state index contributed by atoms with van der Waals surface area (Å²) in [5.74, 6) is -1.33. The lowest BCUT2D eigenvalue weighted by atomic mass is 10.1. The normalized spacial score (nSPS) is 14.5. The van der Waals surface area contributed by atoms with Crippen LogP contribution in [-0.2, 0) is 9.53 Å². The van der Waals surface area contributed by atoms with Crippen LogP contribution in [0.3, 0.4) is 0 Å². The number of nitrogens with one attached hydrogen (secondary N) is 2. The first-order chi connectivity index (χ1) is 13.4. The third kappa shape index (κ3) is 6.67. The van der Waals surface area contributed by atoms with Gasteiger partial charge in [0.15, 0.2) is 0 Å². The Hall–Kier alpha value is -2.35. The number of rotatable bonds is 7. The number of piperidine rings is 1. The first kappa shape index (κ1) is 21.9. The van der Waals surface area contributed by atoms with Gasteiger partial charge in [-0.05, 0) is 44.4 Å². The summed E-state index contributed by atoms with van der Waals surface area (Å²) in [6.07, 6.45) is 1.73. The van der Waals surface area contributed by atoms with E-state index in [-0.39, 0.29) is 41.6 Å². The summed E-state index contributed by atoms with van der Waals surface area (Å²) < 4.78 is 18.6. The number of likely N-dealkylation sites (tertiary alicyclic amines) is 1. The topological polar surface area (TPSA) is 87.7 Å². The van der Waals surface area contributed by atoms with Gasteiger partial charge in [-0.2, -0.15) is 0 Å². The van der Waals surface area contributed by atoms with E-state index in [9.17, 15) is 18.8 Å². The van der Waals surface area contributed by atoms with Crippen molar-refractivity contribution in [2.24, 2.45) is 0 Å². The van der Waals surface area contributed by atoms with Gasteiger partial charge in [-0.25, -0.2) is 9.18 Å². The molecule has 0 aromatic heterocycles. The summed E-state index contributed by atoms with van der Waals surface area (Å²) in [6, 6.07) is 3.87. The van der Waals surface area contributed by atoms with Crippen molar-refractivity contribution in [2.45, 2.75) is 38.6 Å². The first-order valence-electron chi connectivity index (χ1n) is 9.35. The molecule has 1 aliphatic heterocycles. The number of benzene rings is 1. The summed E-state index contributed by atoms with van der Waals surface area (Å²) in [5, 5.41) is 5.75. The van der Waals surface area contributed by atoms with Crippen LogP contribution in [0.2, 0.25) is 5.02 Å². The molecule has 0 radical (unpaired) electrons. The molecule has 0 unspecified atom stereocenters. The lowest BCUT2D eigenvalue weighted by Gasteiger charge is -2.31. The number of ether oxygens (including phenoxy) is 1. The smallest absolute Gasteiger partial charge is 0.409 e. The third-order valence-electron chi connectivity index (χ3n) is 4.43. The lowest BCUT2D eigenvalue weighted by Crippen LogP contribution is -2.46. The molecular formula is C19H25ClFN3O4. The molecule has 0 aliphatic carbocycles. The summed E-state index contributed by atoms with van der Waals surface area (Å²) in [7, 11) is 0. The van der Waals surface area contributed by atoms with E-state index < -0.39 is 11.7 Å². The summed E-state index contributed by atoms with van der Waals surface area (Å²) >= 11 is 5.66. The van der Waals surface area contributed by atoms with Crippen LogP contribution in [0.4, 0.5) is 9.18 Å². The molecule has 28 heavy (non-hydrogen) atoms. The van der Waals surface area contributed by atoms with Crippen LogP contribution >= 0.6 is 11.6 Å². The highest BCUT2D eigenvalue weighted by Crippen LogP contribution is 2.14. The van der Waals surface area contributed by atoms with Crippen molar-refractivity contribution in [3.05, 3.63) is 34.6 Å². The molecule has 1 aromatic rings. The van der Waals surface area contributed by atoms with Crippen LogP contribution < -0.4 is 10.6 Å². The molecule has 3 amide bonds. The minimum atomic E-state index is -0.683. The molecule has 0 bridgehead atoms. The SMILES string of the molecule is CCOC(=O)N1CCC(NC(=O)CCCNC(=O)c2ccc(Cl)cc2F)CC1. The Morgan fingerprint density at radius 1 is 1.29 bits per heavy atom. The molecule has 2 rings (SSSR count). The molecule has 154 valence electrons. The average molecular weight is 414 g/mol. The van der Waals surface area contributed by atoms with Crippen LogP contribution in [0.25, 0.3) is 0 Å². The number of nitrogens with zero attached hydrogens (tertiary/aromatic N) is 1. The van der Waals surface area contributed by atoms with Crippen molar-refractivity contribution >= 4 is 29.5 Å². The number of hydrogen-bond donors (Lipinski definition) is 2. The van der Waals surface area contributed by atoms with Gasteiger partial charge < -0.3 is 20.3 Å². The molecule has 0 atom stereocenters. The largest absolute Gasteiger partial charge is 0.450 e. The second-order valence-electron chi connectivity index (χ2n) is 6.51. The molecule has 0 spiro atoms. The zero-order valence-electron chi connectivity index (χ0n) is 15.8. The number of halogens is 2. The second-order valence-corrected chi connectivity index (χ2v) is 6.95. The molecule has 1 aliphatic rings. The van der Waals surface area contributed by atoms with Crippen molar-refractivity contribution in [1.82, 2.24) is 15.5 Å². The Bertz CT molecular complexity index is 708. The van der Waals surface area contributed by atoms with Crippen molar-refractivity contribution in [3.63, 3.8) is 0 Å². The van der Waals surface area contributed by atoms with Gasteiger partial charge >= 0.3 is 6.09 Å². The van der Waals surface area contributed by atoms with Crippen molar-refractivity contribution < 1.29 is 23.5 Å². The van der Waals surface area contributed by atoms with Crippen LogP contribution in [0.15, 0.2) is 18.2 Å². The standard InChI is InChI=1S/C19H25ClFN3O4/c1-2-28-19(27)24-10-7-14(8-11-24)23-17(25)4-3-9-22-18(26)15-6-5-13(20)12-16(15)21/h5-6,12,14H,2-4,7-11H2,1H3,(H,22,26)(H,23,25). The second kappa shape index (κ2) is 10.8. The Labute approximate surface area is 168 Å². The Morgan fingerprint density at radius 3 is 2.64 bits per heavy atom. The fraction of sp³-hybridized carbons (Fsp3) is 0.526. The first-order valence-corrected chi connectivity index (χ1v) is 9.72. The summed E-state index contributed by atoms with van der Waals surface area (Å²) in [6.45, 7) is 3.46. The molecule has 7 nitrogen and oxygen atoms in total. The summed E-state index contributed by atoms with van der Waals surface area (Å²) in [4.78, 5) is 37.3. The van der Waals surface area contributed by atoms with Gasteiger partial charge in [-0.1, -0.05) is 11.6 Å². The van der Waals surface area contributed by atoms with Gasteiger partial charge in [-0.3, -0.25) is 9.59 Å². The third-order valence-corrected chi connectivity index (χ3v) is 4.66. The van der Waals surface area contributed by atoms with Gasteiger partial charge in [0.05, 0.1) is 12.2 Å². The van der Waals surface area contributed by atoms with Gasteiger partial charge in [0.1, 0.15) is 5.82 Å². The highest BCUT2D eigenvalue weighted by molar-refractivity contribution is 6.30. The molecule has 2 N–H and O–H groups in total. The number of amides is 3. The highest BCUT2D eigenvalue weighted by Gasteiger charge is 2.24. The van der Waals surface area contributed by atoms with Crippen LogP contribution in [-0.4, -0.2) is 55.1 Å². The maximum atomic E-state index is 13.7. The maximum Gasteiger partial charge on any atom is 0.409 e. The van der Waals surface area contributed by atoms with Gasteiger partial charge in [-0.15, -0.1) is 0 Å². The molecule has 1 aromatic carbocycles. The minimum absolute atomic E-state index is 0.0240. The minimum Gasteiger partial charge on any atom is -0.450 e. The quantitative estimate of drug-likeness (QED) is 0.673. The molecule has 1 heterocycles. The fourth-order valence-electron chi connectivity index (χ4n) is 2.94. The van der Waals surface area contributed by atoms with Crippen LogP contribution in [0.1, 0.15) is 43.0 Å². The predicted molar refractivity (Wildman–Crippen MR) is 103 cm³/mol. The van der Waals surface area contributed by atoms with Crippen LogP contribution in [0.5, 0.6) is 0 Å². The lowest BCUT2D eigenvalue weighted by molar-refractivity contribution is -0.122. The van der Waals surface area contributed by atoms with Gasteiger partial charge in [0.2, 0.25) is 5.91 Å². The van der Waals surface area contributed by atoms with Crippen molar-refractivity contribution in [3.8, 4) is 0 Å². The highest BCUT2D eigenvalue weighted by atomic mass is 35.5. The zero-order chi connectivity index (χ0) is 20.5. The zero-order valence-corrected chi connectivity index (χ0v) is 16.6. The molecule has 1 fully saturated rings. The van der Waals surface area contributed by atoms with Crippen molar-refractivity contribution in [2.75, 3.05) is 26.2 Å². The van der Waals surface area contributed by atoms with Crippen LogP contribution in [0, 0.1) is 5.82 Å². The molecule has 9 heteroatoms. The van der Waals surface area contributed by atoms with E-state index in [1.807, 2.05) is 0 Å². The van der Waals surface area contributed by atoms with E-state index >= 15 is 0 Å². The maximum absolute atomic E-state index is 13.7. The molecule has 1 saturated heterocycles. The molecular weight excluding hydrogens is 389 g/mol. The van der Waals surface area contributed by atoms with E-state index in [4.69, 9.17) is 16.3 Å². The van der Waals surface area contributed by atoms with Gasteiger partial charge in [0, 0.05) is 37.1 Å². The van der Waals surface area contributed by atoms with Gasteiger partial charge in [0.25, 0.3) is 5.91 Å². The van der Waals surface area contributed by atoms with E-state index in [2.05, 4.69) is 10.6 Å². The monoisotopic (exact) mass is 413 g/mol. The van der Waals surface area contributed by atoms with E-state index in [1.54, 1.807) is 11.8 Å². The average Bonchev–Trinajstić information content (AvgIpc) is 2.66. The Balaban J connectivity index is 1.63. The molecule has 0 saturated carbocycles. The fourth-order valence-corrected chi connectivity index (χ4v) is 3.10. The van der Waals surface area contributed by atoms with E-state index in [1.165, 1.54) is 12.1 Å². The van der Waals surface area contributed by atoms with E-state index in [0.717, 1.165) is 6.07 Å². The summed E-state index contributed by atoms with van der Waals surface area (Å²) in [5.41, 5.74) is -0.0813. The number of carbonyl (C=O) groups excluding carboxylic acids is 3. The predicted octanol–water partition coefficient (Wildman–Crippen LogP) is 2.73.